The van der Waals surface area contributed by atoms with Crippen LogP contribution in [0.3, 0.4) is 0 Å². The average Bonchev–Trinajstić information content (AvgIpc) is 3.66. The second-order valence-electron chi connectivity index (χ2n) is 10.6. The van der Waals surface area contributed by atoms with Gasteiger partial charge in [-0.15, -0.1) is 0 Å². The third kappa shape index (κ3) is 6.04. The highest BCUT2D eigenvalue weighted by molar-refractivity contribution is 5.85. The summed E-state index contributed by atoms with van der Waals surface area (Å²) in [7, 11) is 0. The lowest BCUT2D eigenvalue weighted by atomic mass is 10.0. The first-order valence-corrected chi connectivity index (χ1v) is 13.9. The van der Waals surface area contributed by atoms with Crippen LogP contribution in [0.1, 0.15) is 37.4 Å². The van der Waals surface area contributed by atoms with Crippen molar-refractivity contribution in [3.05, 3.63) is 60.0 Å². The predicted molar refractivity (Wildman–Crippen MR) is 152 cm³/mol. The first kappa shape index (κ1) is 25.3. The average molecular weight is 526 g/mol. The van der Waals surface area contributed by atoms with Crippen LogP contribution in [-0.2, 0) is 11.3 Å². The lowest BCUT2D eigenvalue weighted by molar-refractivity contribution is -0.133. The summed E-state index contributed by atoms with van der Waals surface area (Å²) >= 11 is 0. The van der Waals surface area contributed by atoms with Crippen molar-refractivity contribution in [2.75, 3.05) is 38.1 Å². The fraction of sp³-hybridized carbons (Fsp3) is 0.400. The summed E-state index contributed by atoms with van der Waals surface area (Å²) in [6, 6.07) is 12.3. The first-order chi connectivity index (χ1) is 19.0. The van der Waals surface area contributed by atoms with Gasteiger partial charge in [-0.2, -0.15) is 0 Å². The minimum absolute atomic E-state index is 0.330. The van der Waals surface area contributed by atoms with E-state index in [0.29, 0.717) is 24.4 Å². The third-order valence-corrected chi connectivity index (χ3v) is 7.46. The van der Waals surface area contributed by atoms with E-state index in [1.165, 1.54) is 18.4 Å². The van der Waals surface area contributed by atoms with E-state index in [4.69, 9.17) is 9.72 Å². The smallest absolute Gasteiger partial charge is 0.222 e. The van der Waals surface area contributed by atoms with Crippen LogP contribution in [-0.4, -0.2) is 68.4 Å². The molecular formula is C30H35N7O2. The molecule has 39 heavy (non-hydrogen) atoms. The van der Waals surface area contributed by atoms with Crippen molar-refractivity contribution < 1.29 is 9.53 Å². The number of benzene rings is 1. The van der Waals surface area contributed by atoms with Gasteiger partial charge in [0.15, 0.2) is 0 Å². The summed E-state index contributed by atoms with van der Waals surface area (Å²) < 4.78 is 5.81. The number of amides is 1. The van der Waals surface area contributed by atoms with Gasteiger partial charge in [-0.05, 0) is 74.1 Å². The number of hydrogen-bond donors (Lipinski definition) is 2. The van der Waals surface area contributed by atoms with Gasteiger partial charge in [-0.1, -0.05) is 6.07 Å². The Hall–Kier alpha value is -3.98. The van der Waals surface area contributed by atoms with Crippen molar-refractivity contribution in [2.45, 2.75) is 39.7 Å². The number of carbonyl (C=O) groups is 1. The topological polar surface area (TPSA) is 99.3 Å². The van der Waals surface area contributed by atoms with E-state index in [1.54, 1.807) is 6.20 Å². The van der Waals surface area contributed by atoms with Gasteiger partial charge in [0.05, 0.1) is 23.8 Å². The number of aryl methyl sites for hydroxylation is 1. The number of anilines is 2. The number of rotatable bonds is 9. The minimum atomic E-state index is 0.330. The SMILES string of the molecule is CCOc1cnc(C)cc1-c1ccc2nc(Nc3cc(CN4CCN(C(=O)CC5CC5)CC4)ccn3)[nH]c2c1. The molecule has 1 aliphatic heterocycles. The van der Waals surface area contributed by atoms with Gasteiger partial charge in [0.1, 0.15) is 11.6 Å². The molecule has 2 aliphatic rings. The maximum Gasteiger partial charge on any atom is 0.222 e. The van der Waals surface area contributed by atoms with Gasteiger partial charge in [0.2, 0.25) is 11.9 Å². The number of piperazine rings is 1. The molecule has 0 atom stereocenters. The van der Waals surface area contributed by atoms with E-state index in [2.05, 4.69) is 43.4 Å². The Morgan fingerprint density at radius 2 is 1.95 bits per heavy atom. The van der Waals surface area contributed by atoms with Crippen LogP contribution in [0.4, 0.5) is 11.8 Å². The van der Waals surface area contributed by atoms with Gasteiger partial charge >= 0.3 is 0 Å². The fourth-order valence-corrected chi connectivity index (χ4v) is 5.15. The van der Waals surface area contributed by atoms with Crippen LogP contribution in [0.2, 0.25) is 0 Å². The van der Waals surface area contributed by atoms with Gasteiger partial charge in [-0.3, -0.25) is 14.7 Å². The fourth-order valence-electron chi connectivity index (χ4n) is 5.15. The Labute approximate surface area is 228 Å². The molecule has 1 aromatic carbocycles. The molecule has 4 heterocycles. The summed E-state index contributed by atoms with van der Waals surface area (Å²) in [6.45, 7) is 8.79. The first-order valence-electron chi connectivity index (χ1n) is 13.9. The summed E-state index contributed by atoms with van der Waals surface area (Å²) in [6.07, 6.45) is 6.79. The standard InChI is InChI=1S/C30H35N7O2/c1-3-39-27-18-32-20(2)14-24(27)23-6-7-25-26(17-23)34-30(33-25)35-28-15-22(8-9-31-28)19-36-10-12-37(13-11-36)29(38)16-21-4-5-21/h6-9,14-15,17-18,21H,3-5,10-13,16,19H2,1-2H3,(H2,31,33,34,35). The van der Waals surface area contributed by atoms with Crippen molar-refractivity contribution in [1.82, 2.24) is 29.7 Å². The highest BCUT2D eigenvalue weighted by Crippen LogP contribution is 2.33. The highest BCUT2D eigenvalue weighted by Gasteiger charge is 2.28. The van der Waals surface area contributed by atoms with Crippen LogP contribution in [0.25, 0.3) is 22.2 Å². The molecule has 1 aliphatic carbocycles. The number of imidazole rings is 1. The van der Waals surface area contributed by atoms with Crippen LogP contribution in [0.5, 0.6) is 5.75 Å². The molecule has 1 saturated carbocycles. The van der Waals surface area contributed by atoms with E-state index >= 15 is 0 Å². The molecule has 4 aromatic rings. The zero-order chi connectivity index (χ0) is 26.8. The second-order valence-corrected chi connectivity index (χ2v) is 10.6. The van der Waals surface area contributed by atoms with E-state index in [0.717, 1.165) is 78.6 Å². The van der Waals surface area contributed by atoms with E-state index in [-0.39, 0.29) is 0 Å². The molecule has 1 amide bonds. The Morgan fingerprint density at radius 3 is 2.74 bits per heavy atom. The molecule has 9 heteroatoms. The quantitative estimate of drug-likeness (QED) is 0.320. The molecular weight excluding hydrogens is 490 g/mol. The molecule has 0 bridgehead atoms. The van der Waals surface area contributed by atoms with Crippen molar-refractivity contribution in [3.63, 3.8) is 0 Å². The molecule has 9 nitrogen and oxygen atoms in total. The number of aromatic amines is 1. The molecule has 3 aromatic heterocycles. The number of pyridine rings is 2. The summed E-state index contributed by atoms with van der Waals surface area (Å²) in [5.41, 5.74) is 5.97. The molecule has 2 fully saturated rings. The van der Waals surface area contributed by atoms with E-state index in [1.807, 2.05) is 43.1 Å². The lowest BCUT2D eigenvalue weighted by Crippen LogP contribution is -2.48. The Kier molecular flexibility index (Phi) is 7.15. The van der Waals surface area contributed by atoms with Gasteiger partial charge in [0.25, 0.3) is 0 Å². The van der Waals surface area contributed by atoms with Gasteiger partial charge < -0.3 is 19.9 Å². The molecule has 0 unspecified atom stereocenters. The highest BCUT2D eigenvalue weighted by atomic mass is 16.5. The Morgan fingerprint density at radius 1 is 1.10 bits per heavy atom. The Bertz CT molecular complexity index is 1470. The predicted octanol–water partition coefficient (Wildman–Crippen LogP) is 4.91. The van der Waals surface area contributed by atoms with Gasteiger partial charge in [-0.25, -0.2) is 9.97 Å². The monoisotopic (exact) mass is 525 g/mol. The number of aromatic nitrogens is 4. The van der Waals surface area contributed by atoms with Crippen molar-refractivity contribution in [2.24, 2.45) is 5.92 Å². The van der Waals surface area contributed by atoms with Crippen LogP contribution in [0.15, 0.2) is 48.8 Å². The number of hydrogen-bond acceptors (Lipinski definition) is 7. The number of H-pyrrole nitrogens is 1. The molecule has 6 rings (SSSR count). The Balaban J connectivity index is 1.11. The van der Waals surface area contributed by atoms with Crippen LogP contribution < -0.4 is 10.1 Å². The van der Waals surface area contributed by atoms with E-state index in [9.17, 15) is 4.79 Å². The normalized spacial score (nSPS) is 16.0. The number of carbonyl (C=O) groups excluding carboxylic acids is 1. The van der Waals surface area contributed by atoms with Crippen LogP contribution >= 0.6 is 0 Å². The molecule has 1 saturated heterocycles. The second kappa shape index (κ2) is 11.0. The van der Waals surface area contributed by atoms with Gasteiger partial charge in [0, 0.05) is 56.6 Å². The zero-order valence-electron chi connectivity index (χ0n) is 22.6. The molecule has 202 valence electrons. The summed E-state index contributed by atoms with van der Waals surface area (Å²) in [5.74, 6) is 3.13. The van der Waals surface area contributed by atoms with Crippen molar-refractivity contribution >= 4 is 28.7 Å². The number of nitrogens with one attached hydrogen (secondary N) is 2. The van der Waals surface area contributed by atoms with Crippen molar-refractivity contribution in [1.29, 1.82) is 0 Å². The molecule has 0 radical (unpaired) electrons. The van der Waals surface area contributed by atoms with Crippen LogP contribution in [0, 0.1) is 12.8 Å². The zero-order valence-corrected chi connectivity index (χ0v) is 22.6. The maximum atomic E-state index is 12.4. The number of nitrogens with zero attached hydrogens (tertiary/aromatic N) is 5. The maximum absolute atomic E-state index is 12.4. The molecule has 0 spiro atoms. The summed E-state index contributed by atoms with van der Waals surface area (Å²) in [5, 5.41) is 3.33. The third-order valence-electron chi connectivity index (χ3n) is 7.46. The summed E-state index contributed by atoms with van der Waals surface area (Å²) in [4.78, 5) is 33.8. The minimum Gasteiger partial charge on any atom is -0.492 e. The number of fused-ring (bicyclic) bond motifs is 1. The number of ether oxygens (including phenoxy) is 1. The van der Waals surface area contributed by atoms with Crippen molar-refractivity contribution in [3.8, 4) is 16.9 Å². The van der Waals surface area contributed by atoms with E-state index < -0.39 is 0 Å². The largest absolute Gasteiger partial charge is 0.492 e. The lowest BCUT2D eigenvalue weighted by Gasteiger charge is -2.34. The molecule has 2 N–H and O–H groups in total.